The van der Waals surface area contributed by atoms with Crippen molar-refractivity contribution in [1.82, 2.24) is 4.57 Å². The first kappa shape index (κ1) is 18.4. The number of carbonyl (C=O) groups is 1. The highest BCUT2D eigenvalue weighted by molar-refractivity contribution is 7.98. The second-order valence-electron chi connectivity index (χ2n) is 6.48. The van der Waals surface area contributed by atoms with Gasteiger partial charge in [-0.15, -0.1) is 0 Å². The molecular formula is C20H18N2O5S2. The number of hydrogen-bond donors (Lipinski definition) is 0. The second kappa shape index (κ2) is 7.64. The Kier molecular flexibility index (Phi) is 4.84. The molecule has 0 saturated carbocycles. The molecule has 3 aromatic rings. The van der Waals surface area contributed by atoms with Crippen molar-refractivity contribution < 1.29 is 23.7 Å². The zero-order valence-electron chi connectivity index (χ0n) is 15.7. The Morgan fingerprint density at radius 3 is 2.66 bits per heavy atom. The van der Waals surface area contributed by atoms with Gasteiger partial charge in [-0.2, -0.15) is 16.8 Å². The largest absolute Gasteiger partial charge is 0.486 e. The third-order valence-corrected chi connectivity index (χ3v) is 6.31. The van der Waals surface area contributed by atoms with Crippen LogP contribution in [-0.4, -0.2) is 42.5 Å². The van der Waals surface area contributed by atoms with E-state index in [-0.39, 0.29) is 12.7 Å². The number of nitrogens with zero attached hydrogens (tertiary/aromatic N) is 2. The maximum atomic E-state index is 12.8. The molecule has 7 nitrogen and oxygen atoms in total. The summed E-state index contributed by atoms with van der Waals surface area (Å²) in [6, 6.07) is 9.06. The molecule has 3 heterocycles. The van der Waals surface area contributed by atoms with Crippen molar-refractivity contribution in [2.45, 2.75) is 6.54 Å². The van der Waals surface area contributed by atoms with Crippen LogP contribution in [0.15, 0.2) is 35.3 Å². The van der Waals surface area contributed by atoms with Crippen molar-refractivity contribution in [3.63, 3.8) is 0 Å². The topological polar surface area (TPSA) is 71.3 Å². The van der Waals surface area contributed by atoms with Crippen LogP contribution in [0.2, 0.25) is 0 Å². The molecule has 5 rings (SSSR count). The summed E-state index contributed by atoms with van der Waals surface area (Å²) in [5, 5.41) is 0. The number of hydrogen-bond acceptors (Lipinski definition) is 7. The second-order valence-corrected chi connectivity index (χ2v) is 8.47. The highest BCUT2D eigenvalue weighted by Gasteiger charge is 2.18. The fraction of sp³-hybridized carbons (Fsp3) is 0.300. The molecule has 150 valence electrons. The molecule has 2 aliphatic heterocycles. The first-order chi connectivity index (χ1) is 14.2. The fourth-order valence-corrected chi connectivity index (χ4v) is 4.70. The van der Waals surface area contributed by atoms with Gasteiger partial charge in [-0.3, -0.25) is 4.79 Å². The van der Waals surface area contributed by atoms with Crippen LogP contribution < -0.4 is 23.7 Å². The number of thiazole rings is 1. The van der Waals surface area contributed by atoms with E-state index in [4.69, 9.17) is 18.9 Å². The SMILES string of the molecule is CSCCn1c(=NC(=O)c2ccc3c(c2)OCO3)sc2cc3c(cc21)OCCO3. The van der Waals surface area contributed by atoms with Crippen LogP contribution in [0.1, 0.15) is 10.4 Å². The van der Waals surface area contributed by atoms with Gasteiger partial charge in [-0.1, -0.05) is 11.3 Å². The molecule has 0 spiro atoms. The van der Waals surface area contributed by atoms with Crippen molar-refractivity contribution in [2.75, 3.05) is 32.0 Å². The number of benzene rings is 2. The zero-order chi connectivity index (χ0) is 19.8. The van der Waals surface area contributed by atoms with Crippen LogP contribution in [0.4, 0.5) is 0 Å². The third-order valence-electron chi connectivity index (χ3n) is 4.68. The Balaban J connectivity index is 1.59. The summed E-state index contributed by atoms with van der Waals surface area (Å²) < 4.78 is 25.2. The summed E-state index contributed by atoms with van der Waals surface area (Å²) in [6.45, 7) is 1.99. The number of aromatic nitrogens is 1. The quantitative estimate of drug-likeness (QED) is 0.633. The lowest BCUT2D eigenvalue weighted by molar-refractivity contribution is 0.0997. The molecule has 0 aliphatic carbocycles. The van der Waals surface area contributed by atoms with Crippen LogP contribution >= 0.6 is 23.1 Å². The van der Waals surface area contributed by atoms with E-state index >= 15 is 0 Å². The Morgan fingerprint density at radius 2 is 1.83 bits per heavy atom. The molecule has 1 amide bonds. The van der Waals surface area contributed by atoms with Crippen LogP contribution in [-0.2, 0) is 6.54 Å². The lowest BCUT2D eigenvalue weighted by Gasteiger charge is -2.18. The molecule has 9 heteroatoms. The van der Waals surface area contributed by atoms with Crippen LogP contribution in [0.5, 0.6) is 23.0 Å². The molecule has 0 radical (unpaired) electrons. The lowest BCUT2D eigenvalue weighted by atomic mass is 10.2. The van der Waals surface area contributed by atoms with Gasteiger partial charge in [0.25, 0.3) is 5.91 Å². The van der Waals surface area contributed by atoms with Gasteiger partial charge in [-0.25, -0.2) is 0 Å². The predicted molar refractivity (Wildman–Crippen MR) is 112 cm³/mol. The van der Waals surface area contributed by atoms with Crippen molar-refractivity contribution in [3.8, 4) is 23.0 Å². The van der Waals surface area contributed by atoms with E-state index in [1.807, 2.05) is 12.1 Å². The summed E-state index contributed by atoms with van der Waals surface area (Å²) in [6.07, 6.45) is 2.06. The first-order valence-electron chi connectivity index (χ1n) is 9.13. The molecule has 0 N–H and O–H groups in total. The van der Waals surface area contributed by atoms with E-state index in [1.54, 1.807) is 30.0 Å². The molecule has 29 heavy (non-hydrogen) atoms. The number of fused-ring (bicyclic) bond motifs is 3. The van der Waals surface area contributed by atoms with Gasteiger partial charge in [-0.05, 0) is 24.5 Å². The van der Waals surface area contributed by atoms with E-state index in [9.17, 15) is 4.79 Å². The van der Waals surface area contributed by atoms with E-state index in [2.05, 4.69) is 15.8 Å². The molecule has 0 fully saturated rings. The van der Waals surface area contributed by atoms with E-state index < -0.39 is 0 Å². The minimum Gasteiger partial charge on any atom is -0.486 e. The van der Waals surface area contributed by atoms with Crippen LogP contribution in [0, 0.1) is 0 Å². The number of thioether (sulfide) groups is 1. The van der Waals surface area contributed by atoms with E-state index in [1.165, 1.54) is 11.3 Å². The van der Waals surface area contributed by atoms with E-state index in [0.29, 0.717) is 35.1 Å². The summed E-state index contributed by atoms with van der Waals surface area (Å²) in [7, 11) is 0. The Bertz CT molecular complexity index is 1170. The summed E-state index contributed by atoms with van der Waals surface area (Å²) in [5.74, 6) is 3.27. The molecule has 1 aromatic heterocycles. The first-order valence-corrected chi connectivity index (χ1v) is 11.3. The van der Waals surface area contributed by atoms with Gasteiger partial charge >= 0.3 is 0 Å². The average molecular weight is 431 g/mol. The third kappa shape index (κ3) is 3.44. The molecule has 2 aromatic carbocycles. The number of aryl methyl sites for hydroxylation is 1. The fourth-order valence-electron chi connectivity index (χ4n) is 3.27. The normalized spacial score (nSPS) is 15.1. The number of ether oxygens (including phenoxy) is 4. The number of carbonyl (C=O) groups excluding carboxylic acids is 1. The maximum Gasteiger partial charge on any atom is 0.279 e. The standard InChI is InChI=1S/C20H18N2O5S2/c1-28-7-4-22-13-9-16-17(25-6-5-24-16)10-18(13)29-20(22)21-19(23)12-2-3-14-15(8-12)27-11-26-14/h2-3,8-10H,4-7,11H2,1H3. The van der Waals surface area contributed by atoms with Gasteiger partial charge in [0, 0.05) is 30.0 Å². The molecule has 0 saturated heterocycles. The van der Waals surface area contributed by atoms with Gasteiger partial charge in [0.15, 0.2) is 27.8 Å². The van der Waals surface area contributed by atoms with E-state index in [0.717, 1.165) is 34.0 Å². The van der Waals surface area contributed by atoms with Gasteiger partial charge in [0.05, 0.1) is 10.2 Å². The van der Waals surface area contributed by atoms with Crippen LogP contribution in [0.3, 0.4) is 0 Å². The van der Waals surface area contributed by atoms with Crippen molar-refractivity contribution >= 4 is 39.2 Å². The Morgan fingerprint density at radius 1 is 1.07 bits per heavy atom. The average Bonchev–Trinajstić information content (AvgIpc) is 3.34. The maximum absolute atomic E-state index is 12.8. The smallest absolute Gasteiger partial charge is 0.279 e. The molecule has 0 unspecified atom stereocenters. The van der Waals surface area contributed by atoms with Crippen molar-refractivity contribution in [2.24, 2.45) is 4.99 Å². The van der Waals surface area contributed by atoms with Crippen molar-refractivity contribution in [3.05, 3.63) is 40.7 Å². The van der Waals surface area contributed by atoms with Gasteiger partial charge in [0.1, 0.15) is 13.2 Å². The highest BCUT2D eigenvalue weighted by atomic mass is 32.2. The lowest BCUT2D eigenvalue weighted by Crippen LogP contribution is -2.18. The molecule has 2 aliphatic rings. The number of amides is 1. The predicted octanol–water partition coefficient (Wildman–Crippen LogP) is 3.31. The molecule has 0 atom stereocenters. The molecule has 0 bridgehead atoms. The zero-order valence-corrected chi connectivity index (χ0v) is 17.3. The molecular weight excluding hydrogens is 412 g/mol. The summed E-state index contributed by atoms with van der Waals surface area (Å²) in [5.41, 5.74) is 1.46. The van der Waals surface area contributed by atoms with Gasteiger partial charge in [0.2, 0.25) is 6.79 Å². The van der Waals surface area contributed by atoms with Gasteiger partial charge < -0.3 is 23.5 Å². The van der Waals surface area contributed by atoms with Crippen LogP contribution in [0.25, 0.3) is 10.2 Å². The number of rotatable bonds is 4. The minimum absolute atomic E-state index is 0.171. The highest BCUT2D eigenvalue weighted by Crippen LogP contribution is 2.36. The summed E-state index contributed by atoms with van der Waals surface area (Å²) in [4.78, 5) is 17.9. The Hall–Kier alpha value is -2.65. The Labute approximate surface area is 174 Å². The monoisotopic (exact) mass is 430 g/mol. The summed E-state index contributed by atoms with van der Waals surface area (Å²) >= 11 is 3.22. The van der Waals surface area contributed by atoms with Crippen molar-refractivity contribution in [1.29, 1.82) is 0 Å². The minimum atomic E-state index is -0.315.